The van der Waals surface area contributed by atoms with Crippen molar-refractivity contribution in [3.63, 3.8) is 0 Å². The SMILES string of the molecule is [N-]=[N+]=N[C@H]1C(OC(=N)C(Cl)(Cl)Cl)O[C@@H]2CO[C@H](c3ccccc3)O[C@@H]2[C@@H]1OC(=O)CCl. The molecule has 0 bridgehead atoms. The number of nitrogens with zero attached hydrogens (tertiary/aromatic N) is 3. The molecule has 0 aromatic heterocycles. The average molecular weight is 514 g/mol. The summed E-state index contributed by atoms with van der Waals surface area (Å²) in [4.78, 5) is 14.7. The summed E-state index contributed by atoms with van der Waals surface area (Å²) in [5.41, 5.74) is 9.77. The normalized spacial score (nSPS) is 30.5. The third-order valence-corrected chi connectivity index (χ3v) is 5.17. The maximum Gasteiger partial charge on any atom is 0.321 e. The summed E-state index contributed by atoms with van der Waals surface area (Å²) in [6, 6.07) is 7.78. The number of fused-ring (bicyclic) bond motifs is 1. The molecule has 1 N–H and O–H groups in total. The molecule has 0 aliphatic carbocycles. The lowest BCUT2D eigenvalue weighted by molar-refractivity contribution is -0.334. The molecule has 0 radical (unpaired) electrons. The van der Waals surface area contributed by atoms with Gasteiger partial charge in [-0.05, 0) is 5.53 Å². The minimum Gasteiger partial charge on any atom is -0.458 e. The molecular formula is C17H16Cl4N4O6. The van der Waals surface area contributed by atoms with Gasteiger partial charge >= 0.3 is 5.97 Å². The summed E-state index contributed by atoms with van der Waals surface area (Å²) in [5, 5.41) is 11.4. The van der Waals surface area contributed by atoms with Crippen molar-refractivity contribution in [1.29, 1.82) is 5.41 Å². The van der Waals surface area contributed by atoms with Crippen molar-refractivity contribution < 1.29 is 28.5 Å². The maximum atomic E-state index is 12.0. The topological polar surface area (TPSA) is 136 Å². The predicted octanol–water partition coefficient (Wildman–Crippen LogP) is 4.02. The quantitative estimate of drug-likeness (QED) is 0.120. The molecule has 6 atom stereocenters. The molecule has 10 nitrogen and oxygen atoms in total. The zero-order valence-corrected chi connectivity index (χ0v) is 18.6. The average Bonchev–Trinajstić information content (AvgIpc) is 2.75. The Balaban J connectivity index is 1.90. The lowest BCUT2D eigenvalue weighted by atomic mass is 9.96. The summed E-state index contributed by atoms with van der Waals surface area (Å²) >= 11 is 22.6. The molecule has 2 heterocycles. The summed E-state index contributed by atoms with van der Waals surface area (Å²) in [7, 11) is 0. The Hall–Kier alpha value is -1.49. The van der Waals surface area contributed by atoms with Gasteiger partial charge in [0.25, 0.3) is 3.79 Å². The Morgan fingerprint density at radius 3 is 2.58 bits per heavy atom. The van der Waals surface area contributed by atoms with Crippen molar-refractivity contribution in [3.05, 3.63) is 46.3 Å². The van der Waals surface area contributed by atoms with Gasteiger partial charge in [0.05, 0.1) is 6.61 Å². The zero-order valence-electron chi connectivity index (χ0n) is 15.6. The largest absolute Gasteiger partial charge is 0.458 e. The van der Waals surface area contributed by atoms with Gasteiger partial charge in [-0.25, -0.2) is 0 Å². The smallest absolute Gasteiger partial charge is 0.321 e. The van der Waals surface area contributed by atoms with Crippen molar-refractivity contribution in [2.45, 2.75) is 40.7 Å². The van der Waals surface area contributed by atoms with Gasteiger partial charge in [0, 0.05) is 10.5 Å². The number of azide groups is 1. The fraction of sp³-hybridized carbons (Fsp3) is 0.529. The van der Waals surface area contributed by atoms with Crippen LogP contribution < -0.4 is 0 Å². The lowest BCUT2D eigenvalue weighted by Gasteiger charge is -2.47. The number of alkyl halides is 4. The van der Waals surface area contributed by atoms with E-state index in [1.165, 1.54) is 0 Å². The second-order valence-corrected chi connectivity index (χ2v) is 9.00. The van der Waals surface area contributed by atoms with E-state index >= 15 is 0 Å². The molecule has 3 rings (SSSR count). The van der Waals surface area contributed by atoms with Gasteiger partial charge in [0.15, 0.2) is 6.29 Å². The summed E-state index contributed by atoms with van der Waals surface area (Å²) in [6.45, 7) is 0.0170. The fourth-order valence-electron chi connectivity index (χ4n) is 3.12. The number of nitrogens with one attached hydrogen (secondary N) is 1. The van der Waals surface area contributed by atoms with Crippen molar-refractivity contribution in [2.75, 3.05) is 12.5 Å². The molecule has 0 saturated carbocycles. The van der Waals surface area contributed by atoms with Gasteiger partial charge in [0.2, 0.25) is 12.2 Å². The fourth-order valence-corrected chi connectivity index (χ4v) is 3.32. The van der Waals surface area contributed by atoms with Gasteiger partial charge < -0.3 is 23.7 Å². The predicted molar refractivity (Wildman–Crippen MR) is 111 cm³/mol. The van der Waals surface area contributed by atoms with E-state index in [4.69, 9.17) is 81.0 Å². The Bertz CT molecular complexity index is 851. The van der Waals surface area contributed by atoms with Crippen LogP contribution in [0.1, 0.15) is 11.9 Å². The van der Waals surface area contributed by atoms with Gasteiger partial charge in [-0.15, -0.1) is 11.6 Å². The number of rotatable bonds is 5. The minimum absolute atomic E-state index is 0.0170. The van der Waals surface area contributed by atoms with Gasteiger partial charge in [0.1, 0.15) is 30.2 Å². The molecule has 0 amide bonds. The van der Waals surface area contributed by atoms with E-state index in [-0.39, 0.29) is 6.61 Å². The van der Waals surface area contributed by atoms with Crippen LogP contribution in [0, 0.1) is 5.41 Å². The van der Waals surface area contributed by atoms with Crippen LogP contribution in [-0.2, 0) is 28.5 Å². The van der Waals surface area contributed by atoms with Crippen LogP contribution >= 0.6 is 46.4 Å². The number of halogens is 4. The van der Waals surface area contributed by atoms with Gasteiger partial charge in [-0.2, -0.15) is 0 Å². The molecule has 0 spiro atoms. The molecular weight excluding hydrogens is 498 g/mol. The molecule has 1 unspecified atom stereocenters. The van der Waals surface area contributed by atoms with E-state index < -0.39 is 58.5 Å². The van der Waals surface area contributed by atoms with Crippen LogP contribution in [0.15, 0.2) is 35.4 Å². The van der Waals surface area contributed by atoms with Crippen molar-refractivity contribution in [3.8, 4) is 0 Å². The molecule has 31 heavy (non-hydrogen) atoms. The molecule has 1 aromatic carbocycles. The summed E-state index contributed by atoms with van der Waals surface area (Å²) in [6.07, 6.45) is -5.10. The van der Waals surface area contributed by atoms with Crippen molar-refractivity contribution in [1.82, 2.24) is 0 Å². The highest BCUT2D eigenvalue weighted by molar-refractivity contribution is 6.76. The van der Waals surface area contributed by atoms with Crippen molar-refractivity contribution in [2.24, 2.45) is 5.11 Å². The molecule has 2 fully saturated rings. The van der Waals surface area contributed by atoms with E-state index in [1.807, 2.05) is 18.2 Å². The first kappa shape index (κ1) is 24.2. The molecule has 2 saturated heterocycles. The second-order valence-electron chi connectivity index (χ2n) is 6.45. The summed E-state index contributed by atoms with van der Waals surface area (Å²) in [5.74, 6) is -2.01. The monoisotopic (exact) mass is 512 g/mol. The minimum atomic E-state index is -2.19. The zero-order chi connectivity index (χ0) is 22.6. The standard InChI is InChI=1S/C17H16Cl4N4O6/c18-6-10(26)29-13-11(24-25-23)15(31-16(22)17(19,20)21)28-9-7-27-14(30-12(9)13)8-4-2-1-3-5-8/h1-5,9,11-15,22H,6-7H2/t9-,11-,12+,13-,14+,15?/m1/s1. The van der Waals surface area contributed by atoms with Crippen LogP contribution in [0.2, 0.25) is 0 Å². The Morgan fingerprint density at radius 1 is 1.26 bits per heavy atom. The number of esters is 1. The van der Waals surface area contributed by atoms with Crippen LogP contribution in [0.3, 0.4) is 0 Å². The number of carbonyl (C=O) groups excluding carboxylic acids is 1. The number of carbonyl (C=O) groups is 1. The van der Waals surface area contributed by atoms with E-state index in [0.29, 0.717) is 0 Å². The van der Waals surface area contributed by atoms with E-state index in [9.17, 15) is 4.79 Å². The number of hydrogen-bond acceptors (Lipinski definition) is 8. The first-order chi connectivity index (χ1) is 14.7. The van der Waals surface area contributed by atoms with Crippen LogP contribution in [0.5, 0.6) is 0 Å². The second kappa shape index (κ2) is 10.4. The van der Waals surface area contributed by atoms with E-state index in [0.717, 1.165) is 5.56 Å². The number of benzene rings is 1. The highest BCUT2D eigenvalue weighted by Gasteiger charge is 2.53. The molecule has 2 aliphatic heterocycles. The van der Waals surface area contributed by atoms with Crippen molar-refractivity contribution >= 4 is 58.3 Å². The van der Waals surface area contributed by atoms with Gasteiger partial charge in [-0.1, -0.05) is 70.2 Å². The highest BCUT2D eigenvalue weighted by Crippen LogP contribution is 2.38. The molecule has 1 aromatic rings. The third kappa shape index (κ3) is 5.85. The Morgan fingerprint density at radius 2 is 1.97 bits per heavy atom. The van der Waals surface area contributed by atoms with Gasteiger partial charge in [-0.3, -0.25) is 10.2 Å². The van der Waals surface area contributed by atoms with E-state index in [2.05, 4.69) is 10.0 Å². The third-order valence-electron chi connectivity index (χ3n) is 4.43. The van der Waals surface area contributed by atoms with E-state index in [1.54, 1.807) is 12.1 Å². The Labute approximate surface area is 196 Å². The number of ether oxygens (including phenoxy) is 5. The first-order valence-electron chi connectivity index (χ1n) is 8.84. The maximum absolute atomic E-state index is 12.0. The summed E-state index contributed by atoms with van der Waals surface area (Å²) < 4.78 is 26.0. The Kier molecular flexibility index (Phi) is 8.12. The van der Waals surface area contributed by atoms with Crippen LogP contribution in [-0.4, -0.2) is 58.8 Å². The molecule has 168 valence electrons. The van der Waals surface area contributed by atoms with Crippen LogP contribution in [0.4, 0.5) is 0 Å². The first-order valence-corrected chi connectivity index (χ1v) is 10.5. The number of hydrogen-bond donors (Lipinski definition) is 1. The molecule has 14 heteroatoms. The lowest BCUT2D eigenvalue weighted by Crippen LogP contribution is -2.63. The molecule has 2 aliphatic rings. The van der Waals surface area contributed by atoms with Crippen LogP contribution in [0.25, 0.3) is 10.4 Å². The highest BCUT2D eigenvalue weighted by atomic mass is 35.6.